The van der Waals surface area contributed by atoms with Gasteiger partial charge in [-0.1, -0.05) is 0 Å². The summed E-state index contributed by atoms with van der Waals surface area (Å²) in [5.74, 6) is 0.669. The molecule has 0 bridgehead atoms. The van der Waals surface area contributed by atoms with E-state index in [2.05, 4.69) is 4.98 Å². The molecule has 2 aromatic rings. The predicted octanol–water partition coefficient (Wildman–Crippen LogP) is 1.66. The molecular formula is C12H11N3O4. The summed E-state index contributed by atoms with van der Waals surface area (Å²) in [4.78, 5) is 25.0. The van der Waals surface area contributed by atoms with Gasteiger partial charge in [-0.25, -0.2) is 4.98 Å². The second-order valence-corrected chi connectivity index (χ2v) is 3.83. The van der Waals surface area contributed by atoms with Gasteiger partial charge >= 0.3 is 0 Å². The van der Waals surface area contributed by atoms with Crippen LogP contribution in [-0.4, -0.2) is 27.9 Å². The van der Waals surface area contributed by atoms with Gasteiger partial charge in [0.05, 0.1) is 18.1 Å². The van der Waals surface area contributed by atoms with E-state index in [0.717, 1.165) is 0 Å². The number of nitro groups is 1. The number of carbonyl (C=O) groups excluding carboxylic acids is 1. The van der Waals surface area contributed by atoms with Crippen LogP contribution >= 0.6 is 0 Å². The van der Waals surface area contributed by atoms with Crippen LogP contribution in [-0.2, 0) is 6.54 Å². The molecule has 0 atom stereocenters. The Kier molecular flexibility index (Phi) is 3.56. The highest BCUT2D eigenvalue weighted by atomic mass is 16.6. The standard InChI is InChI=1S/C12H11N3O4/c1-19-11-5-9(4-10(6-11)15(17)18)7-14-3-2-13-12(14)8-16/h2-6,8H,7H2,1H3. The molecule has 2 rings (SSSR count). The van der Waals surface area contributed by atoms with Crippen molar-refractivity contribution in [2.75, 3.05) is 7.11 Å². The van der Waals surface area contributed by atoms with Crippen LogP contribution in [0.4, 0.5) is 5.69 Å². The van der Waals surface area contributed by atoms with Crippen LogP contribution in [0, 0.1) is 10.1 Å². The van der Waals surface area contributed by atoms with E-state index in [-0.39, 0.29) is 11.5 Å². The molecule has 7 nitrogen and oxygen atoms in total. The maximum absolute atomic E-state index is 10.8. The smallest absolute Gasteiger partial charge is 0.273 e. The number of non-ortho nitro benzene ring substituents is 1. The summed E-state index contributed by atoms with van der Waals surface area (Å²) >= 11 is 0. The quantitative estimate of drug-likeness (QED) is 0.464. The first-order valence-corrected chi connectivity index (χ1v) is 5.42. The molecule has 1 aromatic carbocycles. The highest BCUT2D eigenvalue weighted by molar-refractivity contribution is 5.69. The van der Waals surface area contributed by atoms with E-state index in [1.54, 1.807) is 16.8 Å². The van der Waals surface area contributed by atoms with Crippen molar-refractivity contribution in [3.8, 4) is 5.75 Å². The molecule has 1 aromatic heterocycles. The van der Waals surface area contributed by atoms with Gasteiger partial charge in [-0.2, -0.15) is 0 Å². The largest absolute Gasteiger partial charge is 0.496 e. The summed E-state index contributed by atoms with van der Waals surface area (Å²) in [5.41, 5.74) is 0.606. The Hall–Kier alpha value is -2.70. The lowest BCUT2D eigenvalue weighted by Gasteiger charge is -2.07. The first-order valence-electron chi connectivity index (χ1n) is 5.42. The fraction of sp³-hybridized carbons (Fsp3) is 0.167. The van der Waals surface area contributed by atoms with Crippen LogP contribution in [0.2, 0.25) is 0 Å². The minimum atomic E-state index is -0.486. The average Bonchev–Trinajstić information content (AvgIpc) is 2.85. The van der Waals surface area contributed by atoms with Gasteiger partial charge in [0.25, 0.3) is 5.69 Å². The third kappa shape index (κ3) is 2.76. The number of rotatable bonds is 5. The number of hydrogen-bond donors (Lipinski definition) is 0. The number of nitro benzene ring substituents is 1. The zero-order valence-corrected chi connectivity index (χ0v) is 10.1. The third-order valence-electron chi connectivity index (χ3n) is 2.60. The lowest BCUT2D eigenvalue weighted by molar-refractivity contribution is -0.385. The molecule has 0 unspecified atom stereocenters. The van der Waals surface area contributed by atoms with E-state index < -0.39 is 4.92 Å². The van der Waals surface area contributed by atoms with E-state index in [1.165, 1.54) is 25.4 Å². The monoisotopic (exact) mass is 261 g/mol. The number of nitrogens with zero attached hydrogens (tertiary/aromatic N) is 3. The van der Waals surface area contributed by atoms with Crippen LogP contribution in [0.5, 0.6) is 5.75 Å². The van der Waals surface area contributed by atoms with Crippen molar-refractivity contribution in [1.29, 1.82) is 0 Å². The highest BCUT2D eigenvalue weighted by Crippen LogP contribution is 2.23. The molecule has 0 spiro atoms. The maximum Gasteiger partial charge on any atom is 0.273 e. The summed E-state index contributed by atoms with van der Waals surface area (Å²) in [6, 6.07) is 4.47. The molecule has 0 N–H and O–H groups in total. The summed E-state index contributed by atoms with van der Waals surface area (Å²) < 4.78 is 6.63. The molecule has 7 heteroatoms. The number of carbonyl (C=O) groups is 1. The summed E-state index contributed by atoms with van der Waals surface area (Å²) in [5, 5.41) is 10.8. The Morgan fingerprint density at radius 1 is 1.47 bits per heavy atom. The molecular weight excluding hydrogens is 250 g/mol. The van der Waals surface area contributed by atoms with Crippen LogP contribution < -0.4 is 4.74 Å². The minimum Gasteiger partial charge on any atom is -0.496 e. The van der Waals surface area contributed by atoms with E-state index in [4.69, 9.17) is 4.74 Å². The molecule has 1 heterocycles. The second kappa shape index (κ2) is 5.30. The third-order valence-corrected chi connectivity index (χ3v) is 2.60. The molecule has 0 aliphatic carbocycles. The number of methoxy groups -OCH3 is 1. The topological polar surface area (TPSA) is 87.3 Å². The molecule has 0 amide bonds. The van der Waals surface area contributed by atoms with Gasteiger partial charge < -0.3 is 9.30 Å². The van der Waals surface area contributed by atoms with Crippen molar-refractivity contribution in [3.05, 3.63) is 52.1 Å². The van der Waals surface area contributed by atoms with Crippen LogP contribution in [0.1, 0.15) is 16.2 Å². The predicted molar refractivity (Wildman–Crippen MR) is 66.4 cm³/mol. The van der Waals surface area contributed by atoms with Crippen molar-refractivity contribution in [3.63, 3.8) is 0 Å². The van der Waals surface area contributed by atoms with Gasteiger partial charge in [-0.3, -0.25) is 14.9 Å². The Balaban J connectivity index is 2.36. The number of imidazole rings is 1. The summed E-state index contributed by atoms with van der Waals surface area (Å²) in [7, 11) is 1.44. The summed E-state index contributed by atoms with van der Waals surface area (Å²) in [6.07, 6.45) is 3.77. The van der Waals surface area contributed by atoms with E-state index >= 15 is 0 Å². The number of ether oxygens (including phenoxy) is 1. The SMILES string of the molecule is COc1cc(Cn2ccnc2C=O)cc([N+](=O)[O-])c1. The van der Waals surface area contributed by atoms with Gasteiger partial charge in [0.2, 0.25) is 0 Å². The number of benzene rings is 1. The Morgan fingerprint density at radius 3 is 2.89 bits per heavy atom. The lowest BCUT2D eigenvalue weighted by atomic mass is 10.2. The number of aldehydes is 1. The molecule has 0 aliphatic heterocycles. The minimum absolute atomic E-state index is 0.0536. The zero-order valence-electron chi connectivity index (χ0n) is 10.1. The normalized spacial score (nSPS) is 10.2. The Labute approximate surface area is 108 Å². The molecule has 0 aliphatic rings. The Morgan fingerprint density at radius 2 is 2.26 bits per heavy atom. The van der Waals surface area contributed by atoms with Gasteiger partial charge in [-0.15, -0.1) is 0 Å². The summed E-state index contributed by atoms with van der Waals surface area (Å²) in [6.45, 7) is 0.312. The van der Waals surface area contributed by atoms with Crippen LogP contribution in [0.25, 0.3) is 0 Å². The fourth-order valence-electron chi connectivity index (χ4n) is 1.73. The molecule has 0 saturated carbocycles. The zero-order chi connectivity index (χ0) is 13.8. The number of aromatic nitrogens is 2. The van der Waals surface area contributed by atoms with Crippen molar-refractivity contribution in [2.45, 2.75) is 6.54 Å². The average molecular weight is 261 g/mol. The van der Waals surface area contributed by atoms with E-state index in [0.29, 0.717) is 24.1 Å². The van der Waals surface area contributed by atoms with Gasteiger partial charge in [0.15, 0.2) is 12.1 Å². The van der Waals surface area contributed by atoms with Crippen molar-refractivity contribution < 1.29 is 14.5 Å². The van der Waals surface area contributed by atoms with Crippen molar-refractivity contribution in [2.24, 2.45) is 0 Å². The molecule has 0 radical (unpaired) electrons. The Bertz CT molecular complexity index is 621. The molecule has 98 valence electrons. The lowest BCUT2D eigenvalue weighted by Crippen LogP contribution is -2.04. The van der Waals surface area contributed by atoms with Crippen molar-refractivity contribution in [1.82, 2.24) is 9.55 Å². The molecule has 0 saturated heterocycles. The van der Waals surface area contributed by atoms with Gasteiger partial charge in [0, 0.05) is 25.0 Å². The first-order chi connectivity index (χ1) is 9.13. The van der Waals surface area contributed by atoms with Crippen LogP contribution in [0.3, 0.4) is 0 Å². The molecule has 0 fully saturated rings. The van der Waals surface area contributed by atoms with Crippen LogP contribution in [0.15, 0.2) is 30.6 Å². The van der Waals surface area contributed by atoms with Gasteiger partial charge in [0.1, 0.15) is 5.75 Å². The van der Waals surface area contributed by atoms with Gasteiger partial charge in [-0.05, 0) is 11.6 Å². The first kappa shape index (κ1) is 12.7. The maximum atomic E-state index is 10.8. The van der Waals surface area contributed by atoms with E-state index in [9.17, 15) is 14.9 Å². The molecule has 19 heavy (non-hydrogen) atoms. The van der Waals surface area contributed by atoms with E-state index in [1.807, 2.05) is 0 Å². The van der Waals surface area contributed by atoms with Crippen molar-refractivity contribution >= 4 is 12.0 Å². The second-order valence-electron chi connectivity index (χ2n) is 3.83. The highest BCUT2D eigenvalue weighted by Gasteiger charge is 2.11. The fourth-order valence-corrected chi connectivity index (χ4v) is 1.73. The number of hydrogen-bond acceptors (Lipinski definition) is 5.